The lowest BCUT2D eigenvalue weighted by molar-refractivity contribution is -0.384. The summed E-state index contributed by atoms with van der Waals surface area (Å²) >= 11 is 5.88. The second-order valence-electron chi connectivity index (χ2n) is 4.55. The molecule has 0 radical (unpaired) electrons. The molecule has 0 saturated heterocycles. The van der Waals surface area contributed by atoms with Gasteiger partial charge in [0.25, 0.3) is 5.69 Å². The molecule has 0 saturated carbocycles. The van der Waals surface area contributed by atoms with Crippen LogP contribution >= 0.6 is 11.6 Å². The van der Waals surface area contributed by atoms with E-state index < -0.39 is 4.92 Å². The van der Waals surface area contributed by atoms with Crippen LogP contribution in [0.1, 0.15) is 0 Å². The Morgan fingerprint density at radius 3 is 2.45 bits per heavy atom. The van der Waals surface area contributed by atoms with Crippen molar-refractivity contribution in [3.63, 3.8) is 0 Å². The van der Waals surface area contributed by atoms with Gasteiger partial charge in [-0.1, -0.05) is 11.6 Å². The summed E-state index contributed by atoms with van der Waals surface area (Å²) in [5.74, 6) is 0.982. The van der Waals surface area contributed by atoms with Gasteiger partial charge in [0, 0.05) is 23.3 Å². The topological polar surface area (TPSA) is 111 Å². The van der Waals surface area contributed by atoms with E-state index in [1.807, 2.05) is 0 Å². The number of nitrogens with one attached hydrogen (secondary N) is 1. The van der Waals surface area contributed by atoms with Crippen molar-refractivity contribution in [3.05, 3.63) is 57.6 Å². The average molecular weight is 316 g/mol. The van der Waals surface area contributed by atoms with Gasteiger partial charge in [-0.3, -0.25) is 15.2 Å². The second kappa shape index (κ2) is 5.45. The summed E-state index contributed by atoms with van der Waals surface area (Å²) in [6, 6.07) is 11.2. The number of non-ortho nitro benzene ring substituents is 1. The standard InChI is InChI=1S/C14H10ClN5O2/c15-11-6-3-9(7-12(11)16)14-17-13(18-19-14)8-1-4-10(5-2-8)20(21)22/h1-7H,16H2,(H,17,18,19). The zero-order valence-electron chi connectivity index (χ0n) is 11.2. The molecule has 0 unspecified atom stereocenters. The number of hydrogen-bond donors (Lipinski definition) is 2. The van der Waals surface area contributed by atoms with E-state index in [4.69, 9.17) is 17.3 Å². The predicted octanol–water partition coefficient (Wildman–Crippen LogP) is 3.28. The summed E-state index contributed by atoms with van der Waals surface area (Å²) in [6.45, 7) is 0. The highest BCUT2D eigenvalue weighted by Crippen LogP contribution is 2.26. The number of nitro groups is 1. The Morgan fingerprint density at radius 1 is 1.14 bits per heavy atom. The molecule has 0 aliphatic carbocycles. The number of aromatic nitrogens is 3. The molecular weight excluding hydrogens is 306 g/mol. The lowest BCUT2D eigenvalue weighted by Crippen LogP contribution is -1.89. The van der Waals surface area contributed by atoms with Crippen molar-refractivity contribution in [1.82, 2.24) is 15.2 Å². The van der Waals surface area contributed by atoms with E-state index in [1.165, 1.54) is 12.1 Å². The molecule has 0 amide bonds. The number of halogens is 1. The van der Waals surface area contributed by atoms with Crippen LogP contribution in [0.25, 0.3) is 22.8 Å². The number of rotatable bonds is 3. The van der Waals surface area contributed by atoms with E-state index in [0.717, 1.165) is 5.56 Å². The molecule has 1 aromatic heterocycles. The Hall–Kier alpha value is -2.93. The Bertz CT molecular complexity index is 845. The fourth-order valence-corrected chi connectivity index (χ4v) is 2.06. The molecule has 1 heterocycles. The number of nitro benzene ring substituents is 1. The van der Waals surface area contributed by atoms with Crippen molar-refractivity contribution >= 4 is 23.0 Å². The predicted molar refractivity (Wildman–Crippen MR) is 83.3 cm³/mol. The van der Waals surface area contributed by atoms with Crippen molar-refractivity contribution < 1.29 is 4.92 Å². The molecule has 3 N–H and O–H groups in total. The van der Waals surface area contributed by atoms with Crippen molar-refractivity contribution in [2.75, 3.05) is 5.73 Å². The van der Waals surface area contributed by atoms with Gasteiger partial charge in [0.1, 0.15) is 0 Å². The van der Waals surface area contributed by atoms with Crippen LogP contribution in [0.3, 0.4) is 0 Å². The lowest BCUT2D eigenvalue weighted by Gasteiger charge is -1.99. The van der Waals surface area contributed by atoms with Gasteiger partial charge in [0.05, 0.1) is 15.6 Å². The second-order valence-corrected chi connectivity index (χ2v) is 4.96. The van der Waals surface area contributed by atoms with Crippen LogP contribution < -0.4 is 5.73 Å². The number of H-pyrrole nitrogens is 1. The van der Waals surface area contributed by atoms with Gasteiger partial charge < -0.3 is 5.73 Å². The van der Waals surface area contributed by atoms with Crippen LogP contribution in [-0.2, 0) is 0 Å². The quantitative estimate of drug-likeness (QED) is 0.437. The molecule has 0 bridgehead atoms. The number of hydrogen-bond acceptors (Lipinski definition) is 5. The van der Waals surface area contributed by atoms with Crippen molar-refractivity contribution in [3.8, 4) is 22.8 Å². The lowest BCUT2D eigenvalue weighted by atomic mass is 10.2. The molecule has 8 heteroatoms. The van der Waals surface area contributed by atoms with Crippen LogP contribution in [-0.4, -0.2) is 20.1 Å². The Morgan fingerprint density at radius 2 is 1.82 bits per heavy atom. The number of nitrogens with zero attached hydrogens (tertiary/aromatic N) is 3. The Kier molecular flexibility index (Phi) is 3.48. The van der Waals surface area contributed by atoms with Gasteiger partial charge in [-0.25, -0.2) is 4.98 Å². The first-order valence-electron chi connectivity index (χ1n) is 6.27. The van der Waals surface area contributed by atoms with Crippen LogP contribution in [0, 0.1) is 10.1 Å². The first-order chi connectivity index (χ1) is 10.5. The van der Waals surface area contributed by atoms with E-state index >= 15 is 0 Å². The SMILES string of the molecule is Nc1cc(-c2n[nH]c(-c3ccc([N+](=O)[O-])cc3)n2)ccc1Cl. The normalized spacial score (nSPS) is 10.6. The fourth-order valence-electron chi connectivity index (χ4n) is 1.94. The molecule has 0 spiro atoms. The zero-order valence-corrected chi connectivity index (χ0v) is 11.9. The zero-order chi connectivity index (χ0) is 15.7. The van der Waals surface area contributed by atoms with E-state index in [2.05, 4.69) is 15.2 Å². The first-order valence-corrected chi connectivity index (χ1v) is 6.65. The van der Waals surface area contributed by atoms with Gasteiger partial charge in [-0.15, -0.1) is 0 Å². The highest BCUT2D eigenvalue weighted by atomic mass is 35.5. The average Bonchev–Trinajstić information content (AvgIpc) is 3.00. The maximum Gasteiger partial charge on any atom is 0.269 e. The third kappa shape index (κ3) is 2.61. The van der Waals surface area contributed by atoms with Gasteiger partial charge in [-0.2, -0.15) is 5.10 Å². The molecule has 7 nitrogen and oxygen atoms in total. The summed E-state index contributed by atoms with van der Waals surface area (Å²) in [6.07, 6.45) is 0. The van der Waals surface area contributed by atoms with Crippen molar-refractivity contribution in [1.29, 1.82) is 0 Å². The van der Waals surface area contributed by atoms with E-state index in [0.29, 0.717) is 27.9 Å². The molecule has 3 rings (SSSR count). The molecule has 0 fully saturated rings. The van der Waals surface area contributed by atoms with E-state index in [-0.39, 0.29) is 5.69 Å². The highest BCUT2D eigenvalue weighted by Gasteiger charge is 2.11. The minimum absolute atomic E-state index is 0.0222. The van der Waals surface area contributed by atoms with Crippen LogP contribution in [0.4, 0.5) is 11.4 Å². The first kappa shape index (κ1) is 14.0. The molecule has 2 aromatic carbocycles. The Labute approximate surface area is 129 Å². The number of nitrogen functional groups attached to an aromatic ring is 1. The minimum atomic E-state index is -0.452. The molecule has 0 aliphatic rings. The molecule has 110 valence electrons. The summed E-state index contributed by atoms with van der Waals surface area (Å²) in [5.41, 5.74) is 7.66. The summed E-state index contributed by atoms with van der Waals surface area (Å²) < 4.78 is 0. The number of anilines is 1. The highest BCUT2D eigenvalue weighted by molar-refractivity contribution is 6.33. The minimum Gasteiger partial charge on any atom is -0.398 e. The van der Waals surface area contributed by atoms with Gasteiger partial charge in [0.15, 0.2) is 11.6 Å². The van der Waals surface area contributed by atoms with Crippen molar-refractivity contribution in [2.45, 2.75) is 0 Å². The van der Waals surface area contributed by atoms with E-state index in [1.54, 1.807) is 30.3 Å². The Balaban J connectivity index is 1.93. The van der Waals surface area contributed by atoms with Crippen molar-refractivity contribution in [2.24, 2.45) is 0 Å². The van der Waals surface area contributed by atoms with E-state index in [9.17, 15) is 10.1 Å². The third-order valence-electron chi connectivity index (χ3n) is 3.09. The molecule has 3 aromatic rings. The maximum atomic E-state index is 10.6. The fraction of sp³-hybridized carbons (Fsp3) is 0. The summed E-state index contributed by atoms with van der Waals surface area (Å²) in [7, 11) is 0. The third-order valence-corrected chi connectivity index (χ3v) is 3.44. The molecule has 0 aliphatic heterocycles. The number of aromatic amines is 1. The number of benzene rings is 2. The largest absolute Gasteiger partial charge is 0.398 e. The van der Waals surface area contributed by atoms with Gasteiger partial charge in [-0.05, 0) is 30.3 Å². The molecular formula is C14H10ClN5O2. The van der Waals surface area contributed by atoms with Gasteiger partial charge in [0.2, 0.25) is 0 Å². The van der Waals surface area contributed by atoms with Gasteiger partial charge >= 0.3 is 0 Å². The van der Waals surface area contributed by atoms with Crippen LogP contribution in [0.15, 0.2) is 42.5 Å². The van der Waals surface area contributed by atoms with Crippen LogP contribution in [0.2, 0.25) is 5.02 Å². The van der Waals surface area contributed by atoms with Crippen LogP contribution in [0.5, 0.6) is 0 Å². The maximum absolute atomic E-state index is 10.6. The number of nitrogens with two attached hydrogens (primary N) is 1. The summed E-state index contributed by atoms with van der Waals surface area (Å²) in [5, 5.41) is 18.0. The summed E-state index contributed by atoms with van der Waals surface area (Å²) in [4.78, 5) is 14.6. The molecule has 0 atom stereocenters. The molecule has 22 heavy (non-hydrogen) atoms. The monoisotopic (exact) mass is 315 g/mol. The smallest absolute Gasteiger partial charge is 0.269 e.